The summed E-state index contributed by atoms with van der Waals surface area (Å²) in [6.45, 7) is 9.26. The standard InChI is InChI=1S/C25H32ClN3O2/c1-17-6-5-11-28(16-17)24(30)20-9-12-27(13-10-20)25(31)23-14-18(2)29(19(23)3)22-8-4-7-21(26)15-22/h4,7-8,14-15,17,20H,5-6,9-13,16H2,1-3H3. The van der Waals surface area contributed by atoms with Gasteiger partial charge in [0.2, 0.25) is 5.91 Å². The number of aryl methyl sites for hydroxylation is 1. The summed E-state index contributed by atoms with van der Waals surface area (Å²) in [5.74, 6) is 0.985. The van der Waals surface area contributed by atoms with Gasteiger partial charge in [0.1, 0.15) is 0 Å². The van der Waals surface area contributed by atoms with Gasteiger partial charge in [-0.3, -0.25) is 9.59 Å². The van der Waals surface area contributed by atoms with E-state index in [-0.39, 0.29) is 17.7 Å². The summed E-state index contributed by atoms with van der Waals surface area (Å²) in [7, 11) is 0. The summed E-state index contributed by atoms with van der Waals surface area (Å²) < 4.78 is 2.08. The third-order valence-corrected chi connectivity index (χ3v) is 7.06. The van der Waals surface area contributed by atoms with E-state index in [9.17, 15) is 9.59 Å². The van der Waals surface area contributed by atoms with Crippen LogP contribution in [-0.2, 0) is 4.79 Å². The van der Waals surface area contributed by atoms with E-state index in [1.165, 1.54) is 6.42 Å². The summed E-state index contributed by atoms with van der Waals surface area (Å²) in [6, 6.07) is 9.64. The van der Waals surface area contributed by atoms with E-state index in [4.69, 9.17) is 11.6 Å². The van der Waals surface area contributed by atoms with Gasteiger partial charge in [0.05, 0.1) is 5.56 Å². The smallest absolute Gasteiger partial charge is 0.255 e. The van der Waals surface area contributed by atoms with Crippen molar-refractivity contribution in [2.75, 3.05) is 26.2 Å². The van der Waals surface area contributed by atoms with Gasteiger partial charge in [0.25, 0.3) is 5.91 Å². The second kappa shape index (κ2) is 9.07. The van der Waals surface area contributed by atoms with E-state index in [1.54, 1.807) is 0 Å². The number of rotatable bonds is 3. The molecule has 2 saturated heterocycles. The zero-order valence-corrected chi connectivity index (χ0v) is 19.5. The van der Waals surface area contributed by atoms with E-state index in [0.717, 1.165) is 55.0 Å². The minimum Gasteiger partial charge on any atom is -0.342 e. The van der Waals surface area contributed by atoms with E-state index >= 15 is 0 Å². The van der Waals surface area contributed by atoms with Crippen LogP contribution in [0.5, 0.6) is 0 Å². The topological polar surface area (TPSA) is 45.6 Å². The lowest BCUT2D eigenvalue weighted by molar-refractivity contribution is -0.138. The largest absolute Gasteiger partial charge is 0.342 e. The molecule has 0 aliphatic carbocycles. The van der Waals surface area contributed by atoms with Crippen LogP contribution in [0.15, 0.2) is 30.3 Å². The van der Waals surface area contributed by atoms with Crippen molar-refractivity contribution in [1.29, 1.82) is 0 Å². The Labute approximate surface area is 190 Å². The molecule has 2 amide bonds. The number of halogens is 1. The van der Waals surface area contributed by atoms with Crippen LogP contribution in [0.2, 0.25) is 5.02 Å². The monoisotopic (exact) mass is 441 g/mol. The maximum atomic E-state index is 13.3. The molecule has 0 radical (unpaired) electrons. The molecule has 1 unspecified atom stereocenters. The Bertz CT molecular complexity index is 975. The molecule has 2 aromatic rings. The van der Waals surface area contributed by atoms with Gasteiger partial charge >= 0.3 is 0 Å². The Morgan fingerprint density at radius 2 is 1.74 bits per heavy atom. The molecule has 3 heterocycles. The lowest BCUT2D eigenvalue weighted by atomic mass is 9.92. The van der Waals surface area contributed by atoms with Crippen LogP contribution in [0.3, 0.4) is 0 Å². The number of nitrogens with zero attached hydrogens (tertiary/aromatic N) is 3. The summed E-state index contributed by atoms with van der Waals surface area (Å²) in [6.07, 6.45) is 3.82. The first kappa shape index (κ1) is 21.9. The van der Waals surface area contributed by atoms with E-state index in [0.29, 0.717) is 24.0 Å². The van der Waals surface area contributed by atoms with Gasteiger partial charge in [-0.2, -0.15) is 0 Å². The maximum Gasteiger partial charge on any atom is 0.255 e. The average Bonchev–Trinajstić information content (AvgIpc) is 3.06. The molecule has 0 N–H and O–H groups in total. The van der Waals surface area contributed by atoms with Crippen molar-refractivity contribution in [3.8, 4) is 5.69 Å². The fraction of sp³-hybridized carbons (Fsp3) is 0.520. The lowest BCUT2D eigenvalue weighted by Gasteiger charge is -2.37. The van der Waals surface area contributed by atoms with Crippen molar-refractivity contribution >= 4 is 23.4 Å². The Kier molecular flexibility index (Phi) is 6.42. The molecule has 2 aliphatic heterocycles. The minimum atomic E-state index is 0.0493. The molecule has 2 aliphatic rings. The highest BCUT2D eigenvalue weighted by molar-refractivity contribution is 6.30. The highest BCUT2D eigenvalue weighted by Gasteiger charge is 2.32. The molecule has 2 fully saturated rings. The first-order valence-corrected chi connectivity index (χ1v) is 11.8. The van der Waals surface area contributed by atoms with Crippen molar-refractivity contribution in [3.63, 3.8) is 0 Å². The van der Waals surface area contributed by atoms with Crippen molar-refractivity contribution < 1.29 is 9.59 Å². The Morgan fingerprint density at radius 3 is 2.42 bits per heavy atom. The third-order valence-electron chi connectivity index (χ3n) is 6.83. The highest BCUT2D eigenvalue weighted by Crippen LogP contribution is 2.27. The van der Waals surface area contributed by atoms with E-state index < -0.39 is 0 Å². The van der Waals surface area contributed by atoms with Crippen LogP contribution in [-0.4, -0.2) is 52.4 Å². The molecule has 4 rings (SSSR count). The van der Waals surface area contributed by atoms with Gasteiger partial charge in [-0.1, -0.05) is 24.6 Å². The van der Waals surface area contributed by atoms with Gasteiger partial charge in [0, 0.05) is 54.2 Å². The maximum absolute atomic E-state index is 13.3. The van der Waals surface area contributed by atoms with Crippen molar-refractivity contribution in [2.45, 2.75) is 46.5 Å². The number of hydrogen-bond acceptors (Lipinski definition) is 2. The number of hydrogen-bond donors (Lipinski definition) is 0. The Balaban J connectivity index is 1.43. The van der Waals surface area contributed by atoms with Gasteiger partial charge in [-0.25, -0.2) is 0 Å². The fourth-order valence-corrected chi connectivity index (χ4v) is 5.32. The summed E-state index contributed by atoms with van der Waals surface area (Å²) in [5.41, 5.74) is 3.62. The van der Waals surface area contributed by atoms with Crippen LogP contribution < -0.4 is 0 Å². The molecule has 1 atom stereocenters. The molecule has 1 aromatic heterocycles. The van der Waals surface area contributed by atoms with E-state index in [2.05, 4.69) is 16.4 Å². The average molecular weight is 442 g/mol. The van der Waals surface area contributed by atoms with Gasteiger partial charge in [-0.15, -0.1) is 0 Å². The van der Waals surface area contributed by atoms with Crippen LogP contribution in [0.1, 0.15) is 54.4 Å². The second-order valence-electron chi connectivity index (χ2n) is 9.20. The van der Waals surface area contributed by atoms with E-state index in [1.807, 2.05) is 49.1 Å². The second-order valence-corrected chi connectivity index (χ2v) is 9.63. The summed E-state index contributed by atoms with van der Waals surface area (Å²) in [5, 5.41) is 0.674. The molecule has 0 bridgehead atoms. The molecule has 0 spiro atoms. The molecular weight excluding hydrogens is 410 g/mol. The highest BCUT2D eigenvalue weighted by atomic mass is 35.5. The van der Waals surface area contributed by atoms with Crippen molar-refractivity contribution in [3.05, 3.63) is 52.3 Å². The number of carbonyl (C=O) groups is 2. The quantitative estimate of drug-likeness (QED) is 0.682. The van der Waals surface area contributed by atoms with Crippen LogP contribution in [0.25, 0.3) is 5.69 Å². The molecular formula is C25H32ClN3O2. The number of amides is 2. The summed E-state index contributed by atoms with van der Waals surface area (Å²) >= 11 is 6.17. The number of piperidine rings is 2. The van der Waals surface area contributed by atoms with Gasteiger partial charge in [-0.05, 0) is 69.7 Å². The summed E-state index contributed by atoms with van der Waals surface area (Å²) in [4.78, 5) is 30.2. The van der Waals surface area contributed by atoms with Gasteiger partial charge in [0.15, 0.2) is 0 Å². The van der Waals surface area contributed by atoms with Crippen LogP contribution in [0, 0.1) is 25.7 Å². The normalized spacial score (nSPS) is 20.2. The number of carbonyl (C=O) groups excluding carboxylic acids is 2. The molecule has 5 nitrogen and oxygen atoms in total. The number of likely N-dealkylation sites (tertiary alicyclic amines) is 2. The Morgan fingerprint density at radius 1 is 1.00 bits per heavy atom. The SMILES string of the molecule is Cc1cc(C(=O)N2CCC(C(=O)N3CCCC(C)C3)CC2)c(C)n1-c1cccc(Cl)c1. The van der Waals surface area contributed by atoms with Crippen molar-refractivity contribution in [1.82, 2.24) is 14.4 Å². The van der Waals surface area contributed by atoms with Crippen molar-refractivity contribution in [2.24, 2.45) is 11.8 Å². The number of benzene rings is 1. The fourth-order valence-electron chi connectivity index (χ4n) is 5.14. The first-order chi connectivity index (χ1) is 14.8. The first-order valence-electron chi connectivity index (χ1n) is 11.4. The van der Waals surface area contributed by atoms with Crippen LogP contribution >= 0.6 is 11.6 Å². The predicted molar refractivity (Wildman–Crippen MR) is 124 cm³/mol. The molecule has 0 saturated carbocycles. The third kappa shape index (κ3) is 4.52. The predicted octanol–water partition coefficient (Wildman–Crippen LogP) is 4.86. The lowest BCUT2D eigenvalue weighted by Crippen LogP contribution is -2.47. The van der Waals surface area contributed by atoms with Crippen LogP contribution in [0.4, 0.5) is 0 Å². The molecule has 1 aromatic carbocycles. The molecule has 166 valence electrons. The Hall–Kier alpha value is -2.27. The molecule has 6 heteroatoms. The molecule has 31 heavy (non-hydrogen) atoms. The zero-order chi connectivity index (χ0) is 22.1. The minimum absolute atomic E-state index is 0.0493. The van der Waals surface area contributed by atoms with Gasteiger partial charge < -0.3 is 14.4 Å². The zero-order valence-electron chi connectivity index (χ0n) is 18.7. The number of aromatic nitrogens is 1.